The van der Waals surface area contributed by atoms with Gasteiger partial charge in [-0.1, -0.05) is 6.08 Å². The van der Waals surface area contributed by atoms with Crippen molar-refractivity contribution in [3.8, 4) is 0 Å². The highest BCUT2D eigenvalue weighted by molar-refractivity contribution is 7.94. The van der Waals surface area contributed by atoms with Crippen molar-refractivity contribution in [3.63, 3.8) is 0 Å². The van der Waals surface area contributed by atoms with Crippen molar-refractivity contribution in [2.45, 2.75) is 44.7 Å². The average Bonchev–Trinajstić information content (AvgIpc) is 2.92. The van der Waals surface area contributed by atoms with Crippen LogP contribution < -0.4 is 5.32 Å². The zero-order valence-corrected chi connectivity index (χ0v) is 12.7. The molecule has 1 N–H and O–H groups in total. The SMILES string of the molecule is CC(NC1C=CS(=O)(=O)C1)c1cc2c(s1)CCCC2. The highest BCUT2D eigenvalue weighted by atomic mass is 32.2. The molecule has 1 aliphatic carbocycles. The normalized spacial score (nSPS) is 26.3. The van der Waals surface area contributed by atoms with Gasteiger partial charge in [0.15, 0.2) is 9.84 Å². The highest BCUT2D eigenvalue weighted by Gasteiger charge is 2.24. The van der Waals surface area contributed by atoms with Crippen LogP contribution in [0.15, 0.2) is 17.6 Å². The largest absolute Gasteiger partial charge is 0.302 e. The first-order chi connectivity index (χ1) is 9.03. The maximum Gasteiger partial charge on any atom is 0.173 e. The van der Waals surface area contributed by atoms with Crippen LogP contribution in [0, 0.1) is 0 Å². The molecule has 0 aromatic carbocycles. The predicted octanol–water partition coefficient (Wildman–Crippen LogP) is 2.59. The Hall–Kier alpha value is -0.650. The van der Waals surface area contributed by atoms with Crippen LogP contribution in [-0.4, -0.2) is 20.2 Å². The van der Waals surface area contributed by atoms with E-state index in [9.17, 15) is 8.42 Å². The van der Waals surface area contributed by atoms with E-state index >= 15 is 0 Å². The van der Waals surface area contributed by atoms with Gasteiger partial charge in [0.1, 0.15) is 0 Å². The number of aryl methyl sites for hydroxylation is 2. The van der Waals surface area contributed by atoms with Gasteiger partial charge in [0.25, 0.3) is 0 Å². The van der Waals surface area contributed by atoms with E-state index in [0.717, 1.165) is 0 Å². The summed E-state index contributed by atoms with van der Waals surface area (Å²) in [6.45, 7) is 2.12. The molecule has 3 rings (SSSR count). The minimum Gasteiger partial charge on any atom is -0.302 e. The first-order valence-corrected chi connectivity index (χ1v) is 9.35. The summed E-state index contributed by atoms with van der Waals surface area (Å²) < 4.78 is 22.8. The zero-order chi connectivity index (χ0) is 13.5. The summed E-state index contributed by atoms with van der Waals surface area (Å²) in [5.74, 6) is 0.197. The number of hydrogen-bond donors (Lipinski definition) is 1. The average molecular weight is 297 g/mol. The van der Waals surface area contributed by atoms with Gasteiger partial charge in [0.2, 0.25) is 0 Å². The molecule has 0 amide bonds. The van der Waals surface area contributed by atoms with Crippen LogP contribution in [0.1, 0.15) is 41.1 Å². The molecule has 5 heteroatoms. The van der Waals surface area contributed by atoms with Gasteiger partial charge in [0, 0.05) is 27.2 Å². The Labute approximate surface area is 118 Å². The molecule has 2 heterocycles. The third-order valence-corrected chi connectivity index (χ3v) is 6.65. The summed E-state index contributed by atoms with van der Waals surface area (Å²) in [5, 5.41) is 4.73. The number of rotatable bonds is 3. The van der Waals surface area contributed by atoms with Crippen molar-refractivity contribution in [1.29, 1.82) is 0 Å². The Balaban J connectivity index is 1.69. The molecule has 0 saturated heterocycles. The van der Waals surface area contributed by atoms with E-state index in [1.54, 1.807) is 6.08 Å². The summed E-state index contributed by atoms with van der Waals surface area (Å²) in [7, 11) is -2.97. The number of fused-ring (bicyclic) bond motifs is 1. The molecule has 0 spiro atoms. The van der Waals surface area contributed by atoms with E-state index in [2.05, 4.69) is 18.3 Å². The second-order valence-corrected chi connectivity index (χ2v) is 8.56. The van der Waals surface area contributed by atoms with E-state index in [1.807, 2.05) is 11.3 Å². The van der Waals surface area contributed by atoms with Crippen LogP contribution in [0.3, 0.4) is 0 Å². The van der Waals surface area contributed by atoms with E-state index in [1.165, 1.54) is 46.4 Å². The second kappa shape index (κ2) is 5.04. The Morgan fingerprint density at radius 2 is 2.16 bits per heavy atom. The van der Waals surface area contributed by atoms with Gasteiger partial charge in [-0.25, -0.2) is 8.42 Å². The molecule has 3 nitrogen and oxygen atoms in total. The van der Waals surface area contributed by atoms with Crippen LogP contribution in [0.2, 0.25) is 0 Å². The van der Waals surface area contributed by atoms with E-state index in [-0.39, 0.29) is 17.8 Å². The third-order valence-electron chi connectivity index (χ3n) is 3.84. The maximum atomic E-state index is 11.4. The van der Waals surface area contributed by atoms with Gasteiger partial charge < -0.3 is 5.32 Å². The summed E-state index contributed by atoms with van der Waals surface area (Å²) in [6.07, 6.45) is 6.78. The zero-order valence-electron chi connectivity index (χ0n) is 11.1. The van der Waals surface area contributed by atoms with Gasteiger partial charge in [-0.2, -0.15) is 0 Å². The Morgan fingerprint density at radius 3 is 2.84 bits per heavy atom. The Morgan fingerprint density at radius 1 is 1.37 bits per heavy atom. The van der Waals surface area contributed by atoms with E-state index in [4.69, 9.17) is 0 Å². The first kappa shape index (κ1) is 13.3. The van der Waals surface area contributed by atoms with Gasteiger partial charge in [-0.15, -0.1) is 11.3 Å². The van der Waals surface area contributed by atoms with Gasteiger partial charge in [0.05, 0.1) is 5.75 Å². The lowest BCUT2D eigenvalue weighted by molar-refractivity contribution is 0.540. The molecule has 0 radical (unpaired) electrons. The van der Waals surface area contributed by atoms with Gasteiger partial charge in [-0.05, 0) is 44.2 Å². The standard InChI is InChI=1S/C14H19NO2S2/c1-10(15-12-6-7-19(16,17)9-12)14-8-11-4-2-3-5-13(11)18-14/h6-8,10,12,15H,2-5,9H2,1H3. The van der Waals surface area contributed by atoms with Crippen molar-refractivity contribution in [2.24, 2.45) is 0 Å². The minimum atomic E-state index is -2.97. The molecule has 104 valence electrons. The fourth-order valence-electron chi connectivity index (χ4n) is 2.81. The van der Waals surface area contributed by atoms with Crippen LogP contribution >= 0.6 is 11.3 Å². The number of nitrogens with one attached hydrogen (secondary N) is 1. The van der Waals surface area contributed by atoms with Gasteiger partial charge in [-0.3, -0.25) is 0 Å². The fraction of sp³-hybridized carbons (Fsp3) is 0.571. The second-order valence-electron chi connectivity index (χ2n) is 5.46. The lowest BCUT2D eigenvalue weighted by Gasteiger charge is -2.16. The summed E-state index contributed by atoms with van der Waals surface area (Å²) >= 11 is 1.89. The van der Waals surface area contributed by atoms with E-state index in [0.29, 0.717) is 0 Å². The molecule has 2 atom stereocenters. The summed E-state index contributed by atoms with van der Waals surface area (Å²) in [5.41, 5.74) is 1.51. The fourth-order valence-corrected chi connectivity index (χ4v) is 5.33. The number of hydrogen-bond acceptors (Lipinski definition) is 4. The molecular formula is C14H19NO2S2. The molecule has 2 unspecified atom stereocenters. The Bertz CT molecular complexity index is 577. The summed E-state index contributed by atoms with van der Waals surface area (Å²) in [4.78, 5) is 2.87. The van der Waals surface area contributed by atoms with Crippen LogP contribution in [0.25, 0.3) is 0 Å². The molecule has 0 fully saturated rings. The van der Waals surface area contributed by atoms with Crippen molar-refractivity contribution in [1.82, 2.24) is 5.32 Å². The maximum absolute atomic E-state index is 11.4. The predicted molar refractivity (Wildman–Crippen MR) is 79.2 cm³/mol. The third kappa shape index (κ3) is 2.93. The molecule has 1 aliphatic heterocycles. The Kier molecular flexibility index (Phi) is 3.53. The molecular weight excluding hydrogens is 278 g/mol. The van der Waals surface area contributed by atoms with Crippen molar-refractivity contribution in [3.05, 3.63) is 32.9 Å². The number of thiophene rings is 1. The smallest absolute Gasteiger partial charge is 0.173 e. The highest BCUT2D eigenvalue weighted by Crippen LogP contribution is 2.33. The van der Waals surface area contributed by atoms with Crippen molar-refractivity contribution in [2.75, 3.05) is 5.75 Å². The van der Waals surface area contributed by atoms with Crippen LogP contribution in [0.4, 0.5) is 0 Å². The molecule has 19 heavy (non-hydrogen) atoms. The molecule has 0 saturated carbocycles. The van der Waals surface area contributed by atoms with Crippen molar-refractivity contribution >= 4 is 21.2 Å². The quantitative estimate of drug-likeness (QED) is 0.933. The van der Waals surface area contributed by atoms with Crippen molar-refractivity contribution < 1.29 is 8.42 Å². The summed E-state index contributed by atoms with van der Waals surface area (Å²) in [6, 6.07) is 2.49. The first-order valence-electron chi connectivity index (χ1n) is 6.82. The van der Waals surface area contributed by atoms with Gasteiger partial charge >= 0.3 is 0 Å². The lowest BCUT2D eigenvalue weighted by atomic mass is 9.99. The molecule has 1 aromatic heterocycles. The molecule has 0 bridgehead atoms. The van der Waals surface area contributed by atoms with Crippen LogP contribution in [0.5, 0.6) is 0 Å². The monoisotopic (exact) mass is 297 g/mol. The lowest BCUT2D eigenvalue weighted by Crippen LogP contribution is -2.31. The number of sulfone groups is 1. The van der Waals surface area contributed by atoms with Crippen LogP contribution in [-0.2, 0) is 22.7 Å². The minimum absolute atomic E-state index is 0.0425. The molecule has 2 aliphatic rings. The topological polar surface area (TPSA) is 46.2 Å². The molecule has 1 aromatic rings. The van der Waals surface area contributed by atoms with E-state index < -0.39 is 9.84 Å².